The number of fused-ring (bicyclic) bond motifs is 3. The topological polar surface area (TPSA) is 12.9 Å². The first-order valence-electron chi connectivity index (χ1n) is 15.7. The molecule has 0 fully saturated rings. The Balaban J connectivity index is 1.36. The molecule has 43 heavy (non-hydrogen) atoms. The second-order valence-electron chi connectivity index (χ2n) is 12.2. The van der Waals surface area contributed by atoms with Crippen molar-refractivity contribution in [2.24, 2.45) is 5.92 Å². The summed E-state index contributed by atoms with van der Waals surface area (Å²) in [6.45, 7) is 2.29. The highest BCUT2D eigenvalue weighted by atomic mass is 14.6. The molecule has 2 aliphatic rings. The lowest BCUT2D eigenvalue weighted by atomic mass is 9.80. The van der Waals surface area contributed by atoms with Gasteiger partial charge in [-0.2, -0.15) is 0 Å². The lowest BCUT2D eigenvalue weighted by Gasteiger charge is -2.24. The summed E-state index contributed by atoms with van der Waals surface area (Å²) in [5.74, 6) is 0.990. The quantitative estimate of drug-likeness (QED) is 0.198. The first-order valence-corrected chi connectivity index (χ1v) is 15.7. The molecule has 0 saturated heterocycles. The summed E-state index contributed by atoms with van der Waals surface area (Å²) in [5, 5.41) is 7.98. The Kier molecular flexibility index (Phi) is 6.52. The predicted molar refractivity (Wildman–Crippen MR) is 184 cm³/mol. The molecule has 0 spiro atoms. The smallest absolute Gasteiger partial charge is 0.0273 e. The van der Waals surface area contributed by atoms with E-state index < -0.39 is 0 Å². The van der Waals surface area contributed by atoms with E-state index in [9.17, 15) is 0 Å². The van der Waals surface area contributed by atoms with Gasteiger partial charge in [0.2, 0.25) is 0 Å². The maximum Gasteiger partial charge on any atom is 0.0273 e. The van der Waals surface area contributed by atoms with E-state index in [2.05, 4.69) is 133 Å². The fraction of sp³-hybridized carbons (Fsp3) is 0.167. The molecule has 2 unspecified atom stereocenters. The maximum absolute atomic E-state index is 4.24. The van der Waals surface area contributed by atoms with Gasteiger partial charge >= 0.3 is 0 Å². The van der Waals surface area contributed by atoms with Gasteiger partial charge in [0.25, 0.3) is 0 Å². The van der Waals surface area contributed by atoms with Crippen LogP contribution in [-0.4, -0.2) is 4.98 Å². The Morgan fingerprint density at radius 3 is 2.00 bits per heavy atom. The standard InChI is InChI=1S/C42H35N/c1-28-19-21-30(22-20-28)41-37-11-2-4-13-39(37)42(40-14-5-3-12-38(40)41)36-18-8-16-34-33(15-7-17-35(34)36)32-10-6-9-31(27-32)29-23-25-43-26-24-29/h2-5,7-8,11-19,21-28,32H,6,9-10,20H2,1H3. The number of benzene rings is 5. The fourth-order valence-corrected chi connectivity index (χ4v) is 7.49. The third-order valence-corrected chi connectivity index (χ3v) is 9.57. The lowest BCUT2D eigenvalue weighted by Crippen LogP contribution is -2.04. The first-order chi connectivity index (χ1) is 21.3. The molecule has 1 heteroatoms. The first kappa shape index (κ1) is 25.9. The number of nitrogens with zero attached hydrogens (tertiary/aromatic N) is 1. The third-order valence-electron chi connectivity index (χ3n) is 9.57. The molecule has 0 N–H and O–H groups in total. The fourth-order valence-electron chi connectivity index (χ4n) is 7.49. The van der Waals surface area contributed by atoms with Crippen LogP contribution in [0, 0.1) is 5.92 Å². The summed E-state index contributed by atoms with van der Waals surface area (Å²) in [6.07, 6.45) is 18.1. The van der Waals surface area contributed by atoms with Crippen LogP contribution in [-0.2, 0) is 0 Å². The highest BCUT2D eigenvalue weighted by Gasteiger charge is 2.22. The van der Waals surface area contributed by atoms with Crippen LogP contribution < -0.4 is 0 Å². The van der Waals surface area contributed by atoms with Crippen molar-refractivity contribution < 1.29 is 0 Å². The number of rotatable bonds is 4. The van der Waals surface area contributed by atoms with Crippen molar-refractivity contribution >= 4 is 43.5 Å². The molecule has 0 bridgehead atoms. The van der Waals surface area contributed by atoms with Crippen LogP contribution in [0.4, 0.5) is 0 Å². The van der Waals surface area contributed by atoms with E-state index in [0.717, 1.165) is 12.8 Å². The predicted octanol–water partition coefficient (Wildman–Crippen LogP) is 11.5. The van der Waals surface area contributed by atoms with Gasteiger partial charge in [-0.25, -0.2) is 0 Å². The second kappa shape index (κ2) is 10.8. The van der Waals surface area contributed by atoms with Gasteiger partial charge < -0.3 is 0 Å². The highest BCUT2D eigenvalue weighted by Crippen LogP contribution is 2.46. The zero-order valence-corrected chi connectivity index (χ0v) is 24.6. The number of hydrogen-bond acceptors (Lipinski definition) is 1. The van der Waals surface area contributed by atoms with Crippen LogP contribution in [0.15, 0.2) is 134 Å². The molecule has 0 aliphatic heterocycles. The SMILES string of the molecule is CC1C=CC(c2c3ccccc3c(-c3cccc4c(C5C=C(c6ccncc6)CCC5)cccc34)c3ccccc23)=CC1. The number of hydrogen-bond donors (Lipinski definition) is 0. The van der Waals surface area contributed by atoms with Crippen molar-refractivity contribution in [2.75, 3.05) is 0 Å². The van der Waals surface area contributed by atoms with E-state index in [-0.39, 0.29) is 0 Å². The number of aromatic nitrogens is 1. The average Bonchev–Trinajstić information content (AvgIpc) is 3.08. The van der Waals surface area contributed by atoms with E-state index in [0.29, 0.717) is 11.8 Å². The molecule has 8 rings (SSSR count). The summed E-state index contributed by atoms with van der Waals surface area (Å²) in [5.41, 5.74) is 9.53. The molecule has 5 aromatic carbocycles. The largest absolute Gasteiger partial charge is 0.265 e. The summed E-state index contributed by atoms with van der Waals surface area (Å²) in [6, 6.07) is 36.2. The molecule has 6 aromatic rings. The molecule has 1 aromatic heterocycles. The van der Waals surface area contributed by atoms with Crippen molar-refractivity contribution in [3.8, 4) is 11.1 Å². The molecule has 0 saturated carbocycles. The van der Waals surface area contributed by atoms with Crippen LogP contribution in [0.2, 0.25) is 0 Å². The zero-order chi connectivity index (χ0) is 28.8. The lowest BCUT2D eigenvalue weighted by molar-refractivity contribution is 0.667. The zero-order valence-electron chi connectivity index (χ0n) is 24.6. The van der Waals surface area contributed by atoms with E-state index in [1.54, 1.807) is 0 Å². The Hall–Kier alpha value is -4.75. The molecule has 0 radical (unpaired) electrons. The Bertz CT molecular complexity index is 2040. The van der Waals surface area contributed by atoms with Crippen molar-refractivity contribution in [3.05, 3.63) is 150 Å². The van der Waals surface area contributed by atoms with Gasteiger partial charge in [0.05, 0.1) is 0 Å². The monoisotopic (exact) mass is 553 g/mol. The number of allylic oxidation sites excluding steroid dienone is 6. The van der Waals surface area contributed by atoms with Crippen LogP contribution in [0.3, 0.4) is 0 Å². The summed E-state index contributed by atoms with van der Waals surface area (Å²) >= 11 is 0. The van der Waals surface area contributed by atoms with Gasteiger partial charge in [0, 0.05) is 18.3 Å². The normalized spacial score (nSPS) is 18.6. The Morgan fingerprint density at radius 1 is 0.651 bits per heavy atom. The average molecular weight is 554 g/mol. The molecule has 0 amide bonds. The Labute approximate surface area is 253 Å². The van der Waals surface area contributed by atoms with Crippen LogP contribution in [0.1, 0.15) is 55.2 Å². The number of pyridine rings is 1. The molecule has 2 aliphatic carbocycles. The van der Waals surface area contributed by atoms with Crippen molar-refractivity contribution in [1.82, 2.24) is 4.98 Å². The molecule has 1 heterocycles. The molecular formula is C42H35N. The summed E-state index contributed by atoms with van der Waals surface area (Å²) < 4.78 is 0. The van der Waals surface area contributed by atoms with Crippen molar-refractivity contribution in [1.29, 1.82) is 0 Å². The van der Waals surface area contributed by atoms with E-state index >= 15 is 0 Å². The van der Waals surface area contributed by atoms with E-state index in [1.165, 1.54) is 84.1 Å². The van der Waals surface area contributed by atoms with Gasteiger partial charge in [0.1, 0.15) is 0 Å². The van der Waals surface area contributed by atoms with Gasteiger partial charge in [-0.3, -0.25) is 4.98 Å². The minimum absolute atomic E-state index is 0.402. The van der Waals surface area contributed by atoms with Crippen LogP contribution >= 0.6 is 0 Å². The van der Waals surface area contributed by atoms with Crippen molar-refractivity contribution in [2.45, 2.75) is 38.5 Å². The van der Waals surface area contributed by atoms with E-state index in [1.807, 2.05) is 12.4 Å². The van der Waals surface area contributed by atoms with Crippen LogP contribution in [0.5, 0.6) is 0 Å². The van der Waals surface area contributed by atoms with Crippen LogP contribution in [0.25, 0.3) is 54.6 Å². The highest BCUT2D eigenvalue weighted by molar-refractivity contribution is 6.22. The van der Waals surface area contributed by atoms with Gasteiger partial charge in [-0.1, -0.05) is 116 Å². The van der Waals surface area contributed by atoms with Gasteiger partial charge in [-0.15, -0.1) is 0 Å². The molecule has 208 valence electrons. The molecule has 1 nitrogen and oxygen atoms in total. The second-order valence-corrected chi connectivity index (χ2v) is 12.2. The summed E-state index contributed by atoms with van der Waals surface area (Å²) in [4.78, 5) is 4.24. The third kappa shape index (κ3) is 4.51. The minimum atomic E-state index is 0.402. The molecule has 2 atom stereocenters. The van der Waals surface area contributed by atoms with Crippen molar-refractivity contribution in [3.63, 3.8) is 0 Å². The summed E-state index contributed by atoms with van der Waals surface area (Å²) in [7, 11) is 0. The Morgan fingerprint density at radius 2 is 1.30 bits per heavy atom. The molecular weight excluding hydrogens is 518 g/mol. The van der Waals surface area contributed by atoms with Gasteiger partial charge in [0.15, 0.2) is 0 Å². The van der Waals surface area contributed by atoms with Gasteiger partial charge in [-0.05, 0) is 115 Å². The van der Waals surface area contributed by atoms with E-state index in [4.69, 9.17) is 0 Å². The maximum atomic E-state index is 4.24. The minimum Gasteiger partial charge on any atom is -0.265 e.